The summed E-state index contributed by atoms with van der Waals surface area (Å²) in [7, 11) is 0. The van der Waals surface area contributed by atoms with Crippen LogP contribution in [0.1, 0.15) is 44.2 Å². The van der Waals surface area contributed by atoms with E-state index in [2.05, 4.69) is 47.0 Å². The van der Waals surface area contributed by atoms with Gasteiger partial charge in [-0.1, -0.05) is 31.9 Å². The molecule has 1 aromatic rings. The predicted molar refractivity (Wildman–Crippen MR) is 135 cm³/mol. The topological polar surface area (TPSA) is 137 Å². The summed E-state index contributed by atoms with van der Waals surface area (Å²) in [5, 5.41) is 15.4. The van der Waals surface area contributed by atoms with E-state index in [-0.39, 0.29) is 17.4 Å². The Balaban J connectivity index is 0.000000353. The average Bonchev–Trinajstić information content (AvgIpc) is 3.30. The molecule has 2 amide bonds. The number of likely N-dealkylation sites (tertiary alicyclic amines) is 1. The summed E-state index contributed by atoms with van der Waals surface area (Å²) in [6.45, 7) is 11.6. The lowest BCUT2D eigenvalue weighted by atomic mass is 9.85. The number of nitrogens with one attached hydrogen (secondary N) is 2. The van der Waals surface area contributed by atoms with Crippen LogP contribution in [0.25, 0.3) is 0 Å². The molecule has 2 fully saturated rings. The van der Waals surface area contributed by atoms with Gasteiger partial charge in [0, 0.05) is 57.8 Å². The van der Waals surface area contributed by atoms with Crippen LogP contribution in [-0.2, 0) is 16.1 Å². The lowest BCUT2D eigenvalue weighted by Crippen LogP contribution is -2.44. The quantitative estimate of drug-likeness (QED) is 0.155. The summed E-state index contributed by atoms with van der Waals surface area (Å²) in [6, 6.07) is 7.49. The third-order valence-corrected chi connectivity index (χ3v) is 5.97. The molecule has 7 N–H and O–H groups in total. The minimum absolute atomic E-state index is 0.0372. The fourth-order valence-corrected chi connectivity index (χ4v) is 3.85. The van der Waals surface area contributed by atoms with Crippen LogP contribution in [0.15, 0.2) is 24.3 Å². The number of hydrogen-bond acceptors (Lipinski definition) is 7. The Kier molecular flexibility index (Phi) is 14.1. The number of rotatable bonds is 8. The molecule has 9 heteroatoms. The van der Waals surface area contributed by atoms with E-state index in [0.29, 0.717) is 32.5 Å². The lowest BCUT2D eigenvalue weighted by molar-refractivity contribution is -0.132. The third kappa shape index (κ3) is 11.6. The summed E-state index contributed by atoms with van der Waals surface area (Å²) in [6.07, 6.45) is 7.91. The Hall–Kier alpha value is -2.48. The van der Waals surface area contributed by atoms with Crippen LogP contribution in [-0.4, -0.2) is 79.1 Å². The molecule has 0 saturated carbocycles. The summed E-state index contributed by atoms with van der Waals surface area (Å²) in [5.41, 5.74) is 1.93. The molecule has 2 heterocycles. The second-order valence-corrected chi connectivity index (χ2v) is 9.30. The zero-order valence-corrected chi connectivity index (χ0v) is 20.6. The molecular formula is C25H42N6O3. The van der Waals surface area contributed by atoms with E-state index >= 15 is 0 Å². The summed E-state index contributed by atoms with van der Waals surface area (Å²) in [5.74, 6) is 10.7. The number of aliphatic hydroxyl groups is 1. The van der Waals surface area contributed by atoms with Crippen molar-refractivity contribution < 1.29 is 14.7 Å². The predicted octanol–water partition coefficient (Wildman–Crippen LogP) is 0.0239. The minimum Gasteiger partial charge on any atom is -0.391 e. The summed E-state index contributed by atoms with van der Waals surface area (Å²) in [4.78, 5) is 26.5. The number of terminal acetylenes is 1. The first-order valence-electron chi connectivity index (χ1n) is 11.8. The molecule has 0 spiro atoms. The smallest absolute Gasteiger partial charge is 0.223 e. The first-order valence-corrected chi connectivity index (χ1v) is 11.8. The maximum absolute atomic E-state index is 12.2. The van der Waals surface area contributed by atoms with Gasteiger partial charge in [0.05, 0.1) is 6.10 Å². The largest absolute Gasteiger partial charge is 0.391 e. The number of benzene rings is 1. The van der Waals surface area contributed by atoms with Crippen LogP contribution in [0.5, 0.6) is 0 Å². The second kappa shape index (κ2) is 16.2. The number of amides is 2. The highest BCUT2D eigenvalue weighted by atomic mass is 16.3. The highest BCUT2D eigenvalue weighted by molar-refractivity contribution is 5.77. The van der Waals surface area contributed by atoms with E-state index in [1.807, 2.05) is 29.2 Å². The second-order valence-electron chi connectivity index (χ2n) is 9.30. The Labute approximate surface area is 204 Å². The maximum atomic E-state index is 12.2. The van der Waals surface area contributed by atoms with E-state index in [4.69, 9.17) is 6.42 Å². The van der Waals surface area contributed by atoms with Crippen LogP contribution in [0.2, 0.25) is 0 Å². The molecule has 9 nitrogen and oxygen atoms in total. The number of piperazine rings is 1. The molecule has 34 heavy (non-hydrogen) atoms. The van der Waals surface area contributed by atoms with Gasteiger partial charge in [-0.3, -0.25) is 21.3 Å². The van der Waals surface area contributed by atoms with Gasteiger partial charge in [-0.15, -0.1) is 6.42 Å². The molecule has 1 aromatic carbocycles. The van der Waals surface area contributed by atoms with E-state index < -0.39 is 0 Å². The Bertz CT molecular complexity index is 757. The Morgan fingerprint density at radius 3 is 2.44 bits per heavy atom. The Morgan fingerprint density at radius 1 is 1.26 bits per heavy atom. The van der Waals surface area contributed by atoms with Crippen LogP contribution in [0.3, 0.4) is 0 Å². The third-order valence-electron chi connectivity index (χ3n) is 5.97. The van der Waals surface area contributed by atoms with Crippen LogP contribution >= 0.6 is 0 Å². The molecule has 1 unspecified atom stereocenters. The van der Waals surface area contributed by atoms with Gasteiger partial charge in [0.1, 0.15) is 0 Å². The zero-order valence-electron chi connectivity index (χ0n) is 20.6. The molecule has 2 aliphatic heterocycles. The van der Waals surface area contributed by atoms with E-state index in [1.54, 1.807) is 0 Å². The number of hydrogen-bond donors (Lipinski definition) is 5. The SMILES string of the molecule is C#Cc1ccc(CNC=O)cc1.CC(C)(CCN1CCNCC1)CC(=O)N1CCC(O)C1.NN. The van der Waals surface area contributed by atoms with Crippen molar-refractivity contribution in [3.8, 4) is 12.3 Å². The highest BCUT2D eigenvalue weighted by Gasteiger charge is 2.29. The molecule has 0 aliphatic carbocycles. The van der Waals surface area contributed by atoms with Gasteiger partial charge in [-0.25, -0.2) is 0 Å². The number of carbonyl (C=O) groups is 2. The molecule has 2 aliphatic rings. The van der Waals surface area contributed by atoms with Crippen LogP contribution in [0, 0.1) is 17.8 Å². The zero-order chi connectivity index (χ0) is 25.4. The Morgan fingerprint density at radius 2 is 1.91 bits per heavy atom. The molecule has 3 rings (SSSR count). The normalized spacial score (nSPS) is 18.0. The van der Waals surface area contributed by atoms with Crippen molar-refractivity contribution in [3.63, 3.8) is 0 Å². The maximum Gasteiger partial charge on any atom is 0.223 e. The van der Waals surface area contributed by atoms with Crippen LogP contribution in [0.4, 0.5) is 0 Å². The van der Waals surface area contributed by atoms with Crippen molar-refractivity contribution in [1.29, 1.82) is 0 Å². The average molecular weight is 475 g/mol. The van der Waals surface area contributed by atoms with Gasteiger partial charge in [-0.05, 0) is 42.5 Å². The summed E-state index contributed by atoms with van der Waals surface area (Å²) >= 11 is 0. The van der Waals surface area contributed by atoms with Crippen molar-refractivity contribution >= 4 is 12.3 Å². The fourth-order valence-electron chi connectivity index (χ4n) is 3.85. The van der Waals surface area contributed by atoms with Crippen molar-refractivity contribution in [3.05, 3.63) is 35.4 Å². The number of aliphatic hydroxyl groups excluding tert-OH is 1. The fraction of sp³-hybridized carbons (Fsp3) is 0.600. The van der Waals surface area contributed by atoms with Crippen molar-refractivity contribution in [2.24, 2.45) is 17.1 Å². The van der Waals surface area contributed by atoms with Gasteiger partial charge in [0.15, 0.2) is 0 Å². The standard InChI is InChI=1S/C15H29N3O2.C10H9NO.H4N2/c1-15(2,4-8-17-9-5-16-6-10-17)11-14(20)18-7-3-13(19)12-18;1-2-9-3-5-10(6-4-9)7-11-8-12;1-2/h13,16,19H,3-12H2,1-2H3;1,3-6,8H,7H2,(H,11,12);1-2H2. The van der Waals surface area contributed by atoms with Gasteiger partial charge in [0.2, 0.25) is 12.3 Å². The number of β-amino-alcohol motifs (C(OH)–C–C–N with tert-alkyl or cyclic N) is 1. The van der Waals surface area contributed by atoms with Crippen LogP contribution < -0.4 is 22.3 Å². The van der Waals surface area contributed by atoms with Gasteiger partial charge >= 0.3 is 0 Å². The summed E-state index contributed by atoms with van der Waals surface area (Å²) < 4.78 is 0. The van der Waals surface area contributed by atoms with E-state index in [9.17, 15) is 14.7 Å². The van der Waals surface area contributed by atoms with Gasteiger partial charge < -0.3 is 25.5 Å². The van der Waals surface area contributed by atoms with Crippen molar-refractivity contribution in [1.82, 2.24) is 20.4 Å². The molecule has 1 atom stereocenters. The number of nitrogens with zero attached hydrogens (tertiary/aromatic N) is 2. The molecular weight excluding hydrogens is 432 g/mol. The number of hydrazine groups is 1. The van der Waals surface area contributed by atoms with Crippen molar-refractivity contribution in [2.45, 2.75) is 45.8 Å². The highest BCUT2D eigenvalue weighted by Crippen LogP contribution is 2.27. The molecule has 0 bridgehead atoms. The first kappa shape index (κ1) is 29.6. The number of nitrogens with two attached hydrogens (primary N) is 2. The molecule has 0 radical (unpaired) electrons. The number of carbonyl (C=O) groups excluding carboxylic acids is 2. The van der Waals surface area contributed by atoms with Crippen molar-refractivity contribution in [2.75, 3.05) is 45.8 Å². The van der Waals surface area contributed by atoms with Gasteiger partial charge in [-0.2, -0.15) is 0 Å². The van der Waals surface area contributed by atoms with E-state index in [1.165, 1.54) is 0 Å². The minimum atomic E-state index is -0.317. The molecule has 190 valence electrons. The van der Waals surface area contributed by atoms with E-state index in [0.717, 1.165) is 56.7 Å². The monoisotopic (exact) mass is 474 g/mol. The molecule has 2 saturated heterocycles. The molecule has 0 aromatic heterocycles. The lowest BCUT2D eigenvalue weighted by Gasteiger charge is -2.32. The first-order chi connectivity index (χ1) is 16.3. The van der Waals surface area contributed by atoms with Gasteiger partial charge in [0.25, 0.3) is 0 Å².